The smallest absolute Gasteiger partial charge is 0.337 e. The highest BCUT2D eigenvalue weighted by atomic mass is 16.4. The van der Waals surface area contributed by atoms with Crippen LogP contribution >= 0.6 is 0 Å². The Kier molecular flexibility index (Phi) is 4.86. The maximum atomic E-state index is 11.5. The van der Waals surface area contributed by atoms with Crippen LogP contribution in [0.25, 0.3) is 0 Å². The van der Waals surface area contributed by atoms with Crippen molar-refractivity contribution in [3.05, 3.63) is 35.4 Å². The molecule has 0 aromatic heterocycles. The molecule has 0 fully saturated rings. The predicted octanol–water partition coefficient (Wildman–Crippen LogP) is 0.819. The van der Waals surface area contributed by atoms with Crippen molar-refractivity contribution in [2.75, 3.05) is 0 Å². The zero-order valence-electron chi connectivity index (χ0n) is 11.3. The Labute approximate surface area is 116 Å². The Hall–Kier alpha value is -1.92. The van der Waals surface area contributed by atoms with Crippen LogP contribution in [0.5, 0.6) is 0 Å². The quantitative estimate of drug-likeness (QED) is 0.614. The molecule has 1 rings (SSSR count). The summed E-state index contributed by atoms with van der Waals surface area (Å²) in [5.41, 5.74) is -2.08. The molecule has 4 N–H and O–H groups in total. The summed E-state index contributed by atoms with van der Waals surface area (Å²) < 4.78 is 0. The summed E-state index contributed by atoms with van der Waals surface area (Å²) in [4.78, 5) is 22.9. The lowest BCUT2D eigenvalue weighted by Crippen LogP contribution is -2.52. The fraction of sp³-hybridized carbons (Fsp3) is 0.429. The van der Waals surface area contributed by atoms with Gasteiger partial charge in [-0.3, -0.25) is 4.79 Å². The lowest BCUT2D eigenvalue weighted by molar-refractivity contribution is -0.174. The Bertz CT molecular complexity index is 510. The van der Waals surface area contributed by atoms with Crippen LogP contribution in [0, 0.1) is 5.92 Å². The van der Waals surface area contributed by atoms with Crippen molar-refractivity contribution < 1.29 is 30.0 Å². The molecule has 0 saturated heterocycles. The second-order valence-corrected chi connectivity index (χ2v) is 4.91. The van der Waals surface area contributed by atoms with Gasteiger partial charge in [-0.1, -0.05) is 38.1 Å². The Morgan fingerprint density at radius 3 is 2.15 bits per heavy atom. The van der Waals surface area contributed by atoms with Crippen molar-refractivity contribution in [2.45, 2.75) is 32.0 Å². The second-order valence-electron chi connectivity index (χ2n) is 4.91. The van der Waals surface area contributed by atoms with E-state index in [1.807, 2.05) is 0 Å². The molecular weight excluding hydrogens is 264 g/mol. The van der Waals surface area contributed by atoms with Gasteiger partial charge < -0.3 is 20.4 Å². The maximum absolute atomic E-state index is 11.5. The van der Waals surface area contributed by atoms with Crippen LogP contribution in [0.15, 0.2) is 24.3 Å². The van der Waals surface area contributed by atoms with Gasteiger partial charge >= 0.3 is 11.9 Å². The molecule has 1 aromatic rings. The zero-order chi connectivity index (χ0) is 15.5. The Morgan fingerprint density at radius 2 is 1.75 bits per heavy atom. The van der Waals surface area contributed by atoms with Crippen LogP contribution in [-0.2, 0) is 16.2 Å². The number of aliphatic carboxylic acids is 2. The molecule has 0 bridgehead atoms. The summed E-state index contributed by atoms with van der Waals surface area (Å²) in [5.74, 6) is -5.55. The van der Waals surface area contributed by atoms with Crippen molar-refractivity contribution in [3.63, 3.8) is 0 Å². The van der Waals surface area contributed by atoms with Gasteiger partial charge in [0.05, 0.1) is 6.61 Å². The minimum absolute atomic E-state index is 0.0982. The standard InChI is InChI=1S/C14H18O6/c1-8(2)14(20,13(18)19)11(12(16)17)10-6-4-3-5-9(10)7-15/h3-6,8,11,15,20H,7H2,1-2H3,(H,16,17)(H,18,19). The fourth-order valence-corrected chi connectivity index (χ4v) is 2.22. The summed E-state index contributed by atoms with van der Waals surface area (Å²) in [6.45, 7) is 2.44. The molecule has 20 heavy (non-hydrogen) atoms. The number of aliphatic hydroxyl groups excluding tert-OH is 1. The first kappa shape index (κ1) is 16.1. The minimum atomic E-state index is -2.46. The van der Waals surface area contributed by atoms with E-state index in [1.54, 1.807) is 6.07 Å². The first-order valence-electron chi connectivity index (χ1n) is 6.14. The van der Waals surface area contributed by atoms with Gasteiger partial charge in [0.25, 0.3) is 0 Å². The lowest BCUT2D eigenvalue weighted by atomic mass is 9.74. The normalized spacial score (nSPS) is 15.7. The molecule has 6 nitrogen and oxygen atoms in total. The average Bonchev–Trinajstić information content (AvgIpc) is 2.38. The first-order chi connectivity index (χ1) is 9.26. The Balaban J connectivity index is 3.52. The van der Waals surface area contributed by atoms with Crippen LogP contribution in [0.3, 0.4) is 0 Å². The highest BCUT2D eigenvalue weighted by Crippen LogP contribution is 2.36. The monoisotopic (exact) mass is 282 g/mol. The number of carboxylic acid groups (broad SMARTS) is 2. The van der Waals surface area contributed by atoms with Crippen molar-refractivity contribution in [3.8, 4) is 0 Å². The first-order valence-corrected chi connectivity index (χ1v) is 6.14. The summed E-state index contributed by atoms with van der Waals surface area (Å²) in [7, 11) is 0. The van der Waals surface area contributed by atoms with Gasteiger partial charge in [-0.2, -0.15) is 0 Å². The largest absolute Gasteiger partial charge is 0.481 e. The summed E-state index contributed by atoms with van der Waals surface area (Å²) in [6.07, 6.45) is 0. The third-order valence-electron chi connectivity index (χ3n) is 3.45. The maximum Gasteiger partial charge on any atom is 0.337 e. The van der Waals surface area contributed by atoms with E-state index < -0.39 is 36.0 Å². The minimum Gasteiger partial charge on any atom is -0.481 e. The second kappa shape index (κ2) is 6.02. The van der Waals surface area contributed by atoms with E-state index in [0.717, 1.165) is 0 Å². The van der Waals surface area contributed by atoms with Crippen molar-refractivity contribution in [1.82, 2.24) is 0 Å². The number of benzene rings is 1. The van der Waals surface area contributed by atoms with Gasteiger partial charge in [0.15, 0.2) is 5.60 Å². The third-order valence-corrected chi connectivity index (χ3v) is 3.45. The van der Waals surface area contributed by atoms with Crippen LogP contribution in [0.2, 0.25) is 0 Å². The molecule has 0 heterocycles. The molecule has 0 aliphatic rings. The highest BCUT2D eigenvalue weighted by molar-refractivity contribution is 5.90. The molecule has 0 aliphatic heterocycles. The van der Waals surface area contributed by atoms with E-state index in [0.29, 0.717) is 0 Å². The fourth-order valence-electron chi connectivity index (χ4n) is 2.22. The van der Waals surface area contributed by atoms with Crippen LogP contribution < -0.4 is 0 Å². The molecule has 0 radical (unpaired) electrons. The highest BCUT2D eigenvalue weighted by Gasteiger charge is 2.52. The van der Waals surface area contributed by atoms with Gasteiger partial charge in [0.2, 0.25) is 0 Å². The van der Waals surface area contributed by atoms with Crippen LogP contribution in [-0.4, -0.2) is 38.0 Å². The number of carbonyl (C=O) groups is 2. The topological polar surface area (TPSA) is 115 Å². The number of carboxylic acids is 2. The number of hydrogen-bond acceptors (Lipinski definition) is 4. The molecule has 0 spiro atoms. The molecule has 6 heteroatoms. The molecule has 110 valence electrons. The number of rotatable bonds is 6. The van der Waals surface area contributed by atoms with E-state index in [9.17, 15) is 30.0 Å². The van der Waals surface area contributed by atoms with E-state index in [2.05, 4.69) is 0 Å². The number of hydrogen-bond donors (Lipinski definition) is 4. The van der Waals surface area contributed by atoms with Crippen molar-refractivity contribution >= 4 is 11.9 Å². The summed E-state index contributed by atoms with van der Waals surface area (Å²) in [6, 6.07) is 6.03. The molecule has 1 aromatic carbocycles. The van der Waals surface area contributed by atoms with E-state index in [-0.39, 0.29) is 11.1 Å². The zero-order valence-corrected chi connectivity index (χ0v) is 11.3. The van der Waals surface area contributed by atoms with Crippen molar-refractivity contribution in [1.29, 1.82) is 0 Å². The summed E-state index contributed by atoms with van der Waals surface area (Å²) >= 11 is 0. The van der Waals surface area contributed by atoms with Gasteiger partial charge in [-0.25, -0.2) is 4.79 Å². The summed E-state index contributed by atoms with van der Waals surface area (Å²) in [5, 5.41) is 38.3. The molecule has 2 atom stereocenters. The van der Waals surface area contributed by atoms with E-state index in [1.165, 1.54) is 32.0 Å². The lowest BCUT2D eigenvalue weighted by Gasteiger charge is -2.34. The van der Waals surface area contributed by atoms with E-state index in [4.69, 9.17) is 0 Å². The average molecular weight is 282 g/mol. The molecule has 0 saturated carbocycles. The van der Waals surface area contributed by atoms with Gasteiger partial charge in [0.1, 0.15) is 5.92 Å². The van der Waals surface area contributed by atoms with Crippen molar-refractivity contribution in [2.24, 2.45) is 5.92 Å². The number of aliphatic hydroxyl groups is 2. The van der Waals surface area contributed by atoms with E-state index >= 15 is 0 Å². The van der Waals surface area contributed by atoms with Crippen LogP contribution in [0.4, 0.5) is 0 Å². The van der Waals surface area contributed by atoms with Gasteiger partial charge in [0, 0.05) is 0 Å². The predicted molar refractivity (Wildman–Crippen MR) is 70.2 cm³/mol. The molecule has 2 unspecified atom stereocenters. The molecule has 0 aliphatic carbocycles. The van der Waals surface area contributed by atoms with Gasteiger partial charge in [-0.15, -0.1) is 0 Å². The SMILES string of the molecule is CC(C)C(O)(C(=O)O)C(C(=O)O)c1ccccc1CO. The van der Waals surface area contributed by atoms with Gasteiger partial charge in [-0.05, 0) is 17.0 Å². The van der Waals surface area contributed by atoms with Crippen LogP contribution in [0.1, 0.15) is 30.9 Å². The Morgan fingerprint density at radius 1 is 1.20 bits per heavy atom. The molecule has 0 amide bonds. The molecular formula is C14H18O6. The third kappa shape index (κ3) is 2.66.